The molecule has 0 amide bonds. The Balaban J connectivity index is 2.09. The molecule has 3 N–H and O–H groups in total. The average Bonchev–Trinajstić information content (AvgIpc) is 2.82. The number of hydrogen-bond donors (Lipinski definition) is 2. The van der Waals surface area contributed by atoms with E-state index in [1.165, 1.54) is 12.8 Å². The minimum atomic E-state index is -3.42. The quantitative estimate of drug-likeness (QED) is 0.822. The van der Waals surface area contributed by atoms with Gasteiger partial charge in [-0.1, -0.05) is 12.8 Å². The molecule has 1 unspecified atom stereocenters. The summed E-state index contributed by atoms with van der Waals surface area (Å²) in [5, 5.41) is 0. The molecule has 1 fully saturated rings. The zero-order chi connectivity index (χ0) is 13.2. The highest BCUT2D eigenvalue weighted by Crippen LogP contribution is 2.28. The lowest BCUT2D eigenvalue weighted by atomic mass is 10.0. The van der Waals surface area contributed by atoms with Gasteiger partial charge in [-0.05, 0) is 49.9 Å². The lowest BCUT2D eigenvalue weighted by Crippen LogP contribution is -2.37. The number of nitrogens with two attached hydrogens (primary N) is 1. The van der Waals surface area contributed by atoms with Gasteiger partial charge in [0.25, 0.3) is 0 Å². The lowest BCUT2D eigenvalue weighted by molar-refractivity contribution is 0.424. The maximum atomic E-state index is 12.2. The summed E-state index contributed by atoms with van der Waals surface area (Å²) >= 11 is 0. The highest BCUT2D eigenvalue weighted by molar-refractivity contribution is 7.89. The van der Waals surface area contributed by atoms with Crippen LogP contribution in [-0.2, 0) is 10.0 Å². The van der Waals surface area contributed by atoms with E-state index in [-0.39, 0.29) is 10.9 Å². The van der Waals surface area contributed by atoms with Gasteiger partial charge in [0.05, 0.1) is 4.90 Å². The zero-order valence-corrected chi connectivity index (χ0v) is 11.4. The van der Waals surface area contributed by atoms with Gasteiger partial charge < -0.3 is 5.73 Å². The first-order chi connectivity index (χ1) is 8.49. The summed E-state index contributed by atoms with van der Waals surface area (Å²) in [4.78, 5) is 0.279. The first kappa shape index (κ1) is 13.4. The predicted octanol–water partition coefficient (Wildman–Crippen LogP) is 2.13. The second kappa shape index (κ2) is 5.28. The van der Waals surface area contributed by atoms with E-state index >= 15 is 0 Å². The van der Waals surface area contributed by atoms with Crippen LogP contribution in [0.25, 0.3) is 0 Å². The van der Waals surface area contributed by atoms with Gasteiger partial charge >= 0.3 is 0 Å². The van der Waals surface area contributed by atoms with Crippen LogP contribution in [0.4, 0.5) is 5.69 Å². The zero-order valence-electron chi connectivity index (χ0n) is 10.6. The third-order valence-corrected chi connectivity index (χ3v) is 5.21. The van der Waals surface area contributed by atoms with E-state index in [0.717, 1.165) is 12.8 Å². The molecule has 1 aliphatic rings. The smallest absolute Gasteiger partial charge is 0.240 e. The van der Waals surface area contributed by atoms with E-state index in [0.29, 0.717) is 11.6 Å². The summed E-state index contributed by atoms with van der Waals surface area (Å²) in [6.45, 7) is 1.95. The van der Waals surface area contributed by atoms with E-state index in [4.69, 9.17) is 5.73 Å². The molecular weight excluding hydrogens is 248 g/mol. The van der Waals surface area contributed by atoms with Crippen molar-refractivity contribution in [3.8, 4) is 0 Å². The summed E-state index contributed by atoms with van der Waals surface area (Å²) in [7, 11) is -3.42. The van der Waals surface area contributed by atoms with E-state index < -0.39 is 10.0 Å². The highest BCUT2D eigenvalue weighted by atomic mass is 32.2. The monoisotopic (exact) mass is 268 g/mol. The molecule has 0 radical (unpaired) electrons. The van der Waals surface area contributed by atoms with Gasteiger partial charge in [0.1, 0.15) is 0 Å². The number of benzene rings is 1. The van der Waals surface area contributed by atoms with Crippen molar-refractivity contribution in [2.45, 2.75) is 43.5 Å². The fourth-order valence-electron chi connectivity index (χ4n) is 2.51. The molecule has 4 nitrogen and oxygen atoms in total. The van der Waals surface area contributed by atoms with Crippen LogP contribution >= 0.6 is 0 Å². The van der Waals surface area contributed by atoms with Crippen LogP contribution in [0, 0.1) is 5.92 Å². The van der Waals surface area contributed by atoms with Crippen LogP contribution in [0.3, 0.4) is 0 Å². The Hall–Kier alpha value is -1.07. The minimum absolute atomic E-state index is 0.00458. The summed E-state index contributed by atoms with van der Waals surface area (Å²) in [5.74, 6) is 0.466. The predicted molar refractivity (Wildman–Crippen MR) is 72.6 cm³/mol. The van der Waals surface area contributed by atoms with Crippen LogP contribution in [0.15, 0.2) is 29.2 Å². The maximum Gasteiger partial charge on any atom is 0.240 e. The fourth-order valence-corrected chi connectivity index (χ4v) is 3.83. The molecule has 2 rings (SSSR count). The molecule has 100 valence electrons. The molecule has 0 aromatic heterocycles. The Labute approximate surface area is 109 Å². The molecule has 1 saturated carbocycles. The average molecular weight is 268 g/mol. The first-order valence-electron chi connectivity index (χ1n) is 6.37. The van der Waals surface area contributed by atoms with Gasteiger partial charge in [-0.25, -0.2) is 13.1 Å². The largest absolute Gasteiger partial charge is 0.399 e. The molecular formula is C13H20N2O2S. The van der Waals surface area contributed by atoms with Gasteiger partial charge in [-0.3, -0.25) is 0 Å². The molecule has 18 heavy (non-hydrogen) atoms. The SMILES string of the molecule is CC(NS(=O)(=O)c1ccc(N)cc1)C1CCCC1. The third-order valence-electron chi connectivity index (χ3n) is 3.64. The number of hydrogen-bond acceptors (Lipinski definition) is 3. The fraction of sp³-hybridized carbons (Fsp3) is 0.538. The van der Waals surface area contributed by atoms with Crippen molar-refractivity contribution in [3.63, 3.8) is 0 Å². The summed E-state index contributed by atoms with van der Waals surface area (Å²) in [6.07, 6.45) is 4.65. The Kier molecular flexibility index (Phi) is 3.92. The van der Waals surface area contributed by atoms with Crippen LogP contribution in [0.2, 0.25) is 0 Å². The van der Waals surface area contributed by atoms with Crippen molar-refractivity contribution in [2.75, 3.05) is 5.73 Å². The van der Waals surface area contributed by atoms with Crippen molar-refractivity contribution in [2.24, 2.45) is 5.92 Å². The topological polar surface area (TPSA) is 72.2 Å². The van der Waals surface area contributed by atoms with E-state index in [2.05, 4.69) is 4.72 Å². The summed E-state index contributed by atoms with van der Waals surface area (Å²) < 4.78 is 27.1. The van der Waals surface area contributed by atoms with Gasteiger partial charge in [0, 0.05) is 11.7 Å². The summed E-state index contributed by atoms with van der Waals surface area (Å²) in [6, 6.07) is 6.29. The van der Waals surface area contributed by atoms with Crippen molar-refractivity contribution in [3.05, 3.63) is 24.3 Å². The molecule has 1 aliphatic carbocycles. The maximum absolute atomic E-state index is 12.2. The third kappa shape index (κ3) is 3.03. The number of anilines is 1. The Morgan fingerprint density at radius 2 is 1.78 bits per heavy atom. The van der Waals surface area contributed by atoms with Gasteiger partial charge in [-0.2, -0.15) is 0 Å². The number of sulfonamides is 1. The number of nitrogens with one attached hydrogen (secondary N) is 1. The Bertz CT molecular complexity index is 490. The van der Waals surface area contributed by atoms with Crippen LogP contribution in [-0.4, -0.2) is 14.5 Å². The Morgan fingerprint density at radius 1 is 1.22 bits per heavy atom. The van der Waals surface area contributed by atoms with Crippen molar-refractivity contribution >= 4 is 15.7 Å². The van der Waals surface area contributed by atoms with E-state index in [9.17, 15) is 8.42 Å². The van der Waals surface area contributed by atoms with E-state index in [1.54, 1.807) is 24.3 Å². The van der Waals surface area contributed by atoms with Crippen molar-refractivity contribution in [1.82, 2.24) is 4.72 Å². The summed E-state index contributed by atoms with van der Waals surface area (Å²) in [5.41, 5.74) is 6.12. The second-order valence-corrected chi connectivity index (χ2v) is 6.74. The molecule has 0 aliphatic heterocycles. The Morgan fingerprint density at radius 3 is 2.33 bits per heavy atom. The van der Waals surface area contributed by atoms with Crippen LogP contribution in [0.5, 0.6) is 0 Å². The molecule has 0 heterocycles. The molecule has 0 saturated heterocycles. The van der Waals surface area contributed by atoms with Gasteiger partial charge in [0.15, 0.2) is 0 Å². The van der Waals surface area contributed by atoms with E-state index in [1.807, 2.05) is 6.92 Å². The van der Waals surface area contributed by atoms with Crippen LogP contribution in [0.1, 0.15) is 32.6 Å². The number of rotatable bonds is 4. The minimum Gasteiger partial charge on any atom is -0.399 e. The molecule has 1 aromatic carbocycles. The molecule has 0 spiro atoms. The number of nitrogen functional groups attached to an aromatic ring is 1. The standard InChI is InChI=1S/C13H20N2O2S/c1-10(11-4-2-3-5-11)15-18(16,17)13-8-6-12(14)7-9-13/h6-11,15H,2-5,14H2,1H3. The normalized spacial score (nSPS) is 18.9. The van der Waals surface area contributed by atoms with Gasteiger partial charge in [-0.15, -0.1) is 0 Å². The molecule has 0 bridgehead atoms. The van der Waals surface area contributed by atoms with Crippen molar-refractivity contribution in [1.29, 1.82) is 0 Å². The lowest BCUT2D eigenvalue weighted by Gasteiger charge is -2.20. The van der Waals surface area contributed by atoms with Crippen LogP contribution < -0.4 is 10.5 Å². The second-order valence-electron chi connectivity index (χ2n) is 5.02. The van der Waals surface area contributed by atoms with Gasteiger partial charge in [0.2, 0.25) is 10.0 Å². The first-order valence-corrected chi connectivity index (χ1v) is 7.85. The molecule has 1 atom stereocenters. The molecule has 1 aromatic rings. The van der Waals surface area contributed by atoms with Crippen molar-refractivity contribution < 1.29 is 8.42 Å². The molecule has 5 heteroatoms. The highest BCUT2D eigenvalue weighted by Gasteiger charge is 2.25.